The van der Waals surface area contributed by atoms with Crippen molar-refractivity contribution < 1.29 is 24.2 Å². The molecule has 0 aromatic carbocycles. The molecular formula is C5H18FNO4. The molecule has 4 N–H and O–H groups in total. The molecular weight excluding hydrogens is 157 g/mol. The molecule has 11 heavy (non-hydrogen) atoms. The van der Waals surface area contributed by atoms with Crippen LogP contribution in [0.2, 0.25) is 0 Å². The maximum absolute atomic E-state index is 8.36. The zero-order valence-electron chi connectivity index (χ0n) is 3.86. The Bertz CT molecular complexity index is 63.5. The average Bonchev–Trinajstić information content (AvgIpc) is 1.39. The Kier molecular flexibility index (Phi) is 8610. The maximum Gasteiger partial charge on any atom is 0.373 e. The molecule has 0 amide bonds. The number of carbonyl (C=O) groups excluding carboxylic acids is 2. The van der Waals surface area contributed by atoms with Gasteiger partial charge in [0, 0.05) is 0 Å². The van der Waals surface area contributed by atoms with Gasteiger partial charge in [0.05, 0.1) is 0 Å². The lowest BCUT2D eigenvalue weighted by Crippen LogP contribution is -1.49. The molecule has 74 valence electrons. The highest BCUT2D eigenvalue weighted by Gasteiger charge is 1.22. The number of hydrogen-bond donors (Lipinski definition) is 2. The first kappa shape index (κ1) is 99.1. The van der Waals surface area contributed by atoms with Gasteiger partial charge in [0.1, 0.15) is 0 Å². The van der Waals surface area contributed by atoms with Crippen molar-refractivity contribution >= 4 is 12.6 Å². The number of carboxylic acid groups (broad SMARTS) is 1. The second kappa shape index (κ2) is 956. The van der Waals surface area contributed by atoms with E-state index in [0.29, 0.717) is 0 Å². The van der Waals surface area contributed by atoms with E-state index in [1.54, 1.807) is 0 Å². The van der Waals surface area contributed by atoms with Crippen LogP contribution in [0.4, 0.5) is 4.70 Å². The van der Waals surface area contributed by atoms with Crippen molar-refractivity contribution in [3.05, 3.63) is 0 Å². The van der Waals surface area contributed by atoms with Crippen molar-refractivity contribution in [1.82, 2.24) is 6.15 Å². The van der Waals surface area contributed by atoms with Crippen LogP contribution in [-0.4, -0.2) is 17.7 Å². The summed E-state index contributed by atoms with van der Waals surface area (Å²) in [7, 11) is 0. The summed E-state index contributed by atoms with van der Waals surface area (Å²) in [5.41, 5.74) is 0. The molecule has 0 unspecified atom stereocenters. The van der Waals surface area contributed by atoms with Crippen LogP contribution in [-0.2, 0) is 14.4 Å². The van der Waals surface area contributed by atoms with Crippen LogP contribution in [0.25, 0.3) is 0 Å². The van der Waals surface area contributed by atoms with E-state index >= 15 is 0 Å². The molecule has 0 aromatic heterocycles. The third kappa shape index (κ3) is 250. The Morgan fingerprint density at radius 3 is 1.09 bits per heavy atom. The summed E-state index contributed by atoms with van der Waals surface area (Å²) >= 11 is 0. The van der Waals surface area contributed by atoms with E-state index in [9.17, 15) is 0 Å². The molecule has 0 spiro atoms. The first-order valence-electron chi connectivity index (χ1n) is 0.902. The molecule has 0 aliphatic heterocycles. The average molecular weight is 175 g/mol. The van der Waals surface area contributed by atoms with E-state index in [0.717, 1.165) is 0 Å². The van der Waals surface area contributed by atoms with Gasteiger partial charge in [0.2, 0.25) is 0 Å². The van der Waals surface area contributed by atoms with E-state index in [-0.39, 0.29) is 45.8 Å². The third-order valence-corrected chi connectivity index (χ3v) is 0. The summed E-state index contributed by atoms with van der Waals surface area (Å²) in [6.45, 7) is -0.250. The molecule has 0 saturated carbocycles. The van der Waals surface area contributed by atoms with Crippen LogP contribution in [0.15, 0.2) is 0 Å². The molecule has 0 fully saturated rings. The topological polar surface area (TPSA) is 106 Å². The molecule has 0 saturated heterocycles. The minimum Gasteiger partial charge on any atom is -0.483 e. The van der Waals surface area contributed by atoms with Gasteiger partial charge in [0.25, 0.3) is 6.47 Å². The minimum absolute atomic E-state index is 0. The molecule has 0 heterocycles. The lowest BCUT2D eigenvalue weighted by atomic mass is 11.7. The monoisotopic (exact) mass is 175 g/mol. The molecule has 0 bridgehead atoms. The second-order valence-electron chi connectivity index (χ2n) is 0.189. The molecule has 0 radical (unpaired) electrons. The Balaban J connectivity index is -0.00000000400. The fraction of sp³-hybridized carbons (Fsp3) is 0.600. The van der Waals surface area contributed by atoms with Crippen molar-refractivity contribution in [3.63, 3.8) is 0 Å². The maximum atomic E-state index is 8.36. The normalized spacial score (nSPS) is 1.82. The lowest BCUT2D eigenvalue weighted by molar-refractivity contribution is -0.191. The fourth-order valence-corrected chi connectivity index (χ4v) is 0. The van der Waals surface area contributed by atoms with Crippen molar-refractivity contribution in [2.45, 2.75) is 22.3 Å². The molecule has 0 aliphatic carbocycles. The first-order valence-corrected chi connectivity index (χ1v) is 0.902. The smallest absolute Gasteiger partial charge is 0.373 e. The van der Waals surface area contributed by atoms with Gasteiger partial charge in [-0.15, -0.1) is 0 Å². The zero-order valence-corrected chi connectivity index (χ0v) is 3.86. The lowest BCUT2D eigenvalue weighted by Gasteiger charge is -1.34. The zero-order chi connectivity index (χ0) is 5.41. The van der Waals surface area contributed by atoms with E-state index in [1.165, 1.54) is 0 Å². The predicted molar refractivity (Wildman–Crippen MR) is 41.4 cm³/mol. The minimum atomic E-state index is -0.250. The summed E-state index contributed by atoms with van der Waals surface area (Å²) in [6, 6.07) is 0. The standard InChI is InChI=1S/CH2O2.CO2.3CH4.FH.H3N/c2*2-1-3;;;;;/h1H,(H,2,3);;3*1H4;1H;1H3. The van der Waals surface area contributed by atoms with Gasteiger partial charge in [-0.1, -0.05) is 22.3 Å². The Morgan fingerprint density at radius 2 is 1.09 bits per heavy atom. The Hall–Kier alpha value is -1.26. The van der Waals surface area contributed by atoms with Gasteiger partial charge in [-0.2, -0.15) is 9.59 Å². The second-order valence-corrected chi connectivity index (χ2v) is 0.189. The van der Waals surface area contributed by atoms with Gasteiger partial charge in [0.15, 0.2) is 0 Å². The molecule has 0 rings (SSSR count). The molecule has 0 aliphatic rings. The van der Waals surface area contributed by atoms with Gasteiger partial charge < -0.3 is 11.3 Å². The van der Waals surface area contributed by atoms with Gasteiger partial charge in [-0.25, -0.2) is 0 Å². The van der Waals surface area contributed by atoms with E-state index in [2.05, 4.69) is 0 Å². The number of carbonyl (C=O) groups is 1. The van der Waals surface area contributed by atoms with Crippen molar-refractivity contribution in [3.8, 4) is 0 Å². The highest BCUT2D eigenvalue weighted by Crippen LogP contribution is 0.966. The van der Waals surface area contributed by atoms with Crippen molar-refractivity contribution in [2.24, 2.45) is 0 Å². The quantitative estimate of drug-likeness (QED) is 0.540. The molecule has 0 atom stereocenters. The number of hydrogen-bond acceptors (Lipinski definition) is 4. The third-order valence-electron chi connectivity index (χ3n) is 0. The van der Waals surface area contributed by atoms with Crippen LogP contribution in [0.3, 0.4) is 0 Å². The Labute approximate surface area is 66.4 Å². The van der Waals surface area contributed by atoms with Gasteiger partial charge in [-0.05, 0) is 0 Å². The van der Waals surface area contributed by atoms with Crippen LogP contribution >= 0.6 is 0 Å². The van der Waals surface area contributed by atoms with Gasteiger partial charge in [-0.3, -0.25) is 9.50 Å². The van der Waals surface area contributed by atoms with Crippen molar-refractivity contribution in [1.29, 1.82) is 0 Å². The number of halogens is 1. The summed E-state index contributed by atoms with van der Waals surface area (Å²) in [6.07, 6.45) is 0.250. The predicted octanol–water partition coefficient (Wildman–Crippen LogP) is 1.34. The van der Waals surface area contributed by atoms with Crippen molar-refractivity contribution in [2.75, 3.05) is 0 Å². The first-order chi connectivity index (χ1) is 2.83. The fourth-order valence-electron chi connectivity index (χ4n) is 0. The largest absolute Gasteiger partial charge is 0.483 e. The van der Waals surface area contributed by atoms with Crippen LogP contribution in [0, 0.1) is 0 Å². The molecule has 0 aromatic rings. The van der Waals surface area contributed by atoms with Crippen LogP contribution in [0.5, 0.6) is 0 Å². The summed E-state index contributed by atoms with van der Waals surface area (Å²) in [5, 5.41) is 6.89. The van der Waals surface area contributed by atoms with Crippen LogP contribution < -0.4 is 6.15 Å². The van der Waals surface area contributed by atoms with Crippen LogP contribution in [0.1, 0.15) is 22.3 Å². The summed E-state index contributed by atoms with van der Waals surface area (Å²) in [5.74, 6) is 0. The van der Waals surface area contributed by atoms with Gasteiger partial charge >= 0.3 is 6.15 Å². The highest BCUT2D eigenvalue weighted by molar-refractivity contribution is 5.32. The van der Waals surface area contributed by atoms with E-state index in [4.69, 9.17) is 19.5 Å². The van der Waals surface area contributed by atoms with E-state index in [1.807, 2.05) is 0 Å². The summed E-state index contributed by atoms with van der Waals surface area (Å²) < 4.78 is 0. The molecule has 5 nitrogen and oxygen atoms in total. The Morgan fingerprint density at radius 1 is 1.09 bits per heavy atom. The highest BCUT2D eigenvalue weighted by atomic mass is 19.0. The number of rotatable bonds is 0. The van der Waals surface area contributed by atoms with E-state index < -0.39 is 0 Å². The molecule has 6 heteroatoms. The SMILES string of the molecule is C.C.C.F.N.O=C=O.O=CO. The summed E-state index contributed by atoms with van der Waals surface area (Å²) in [4.78, 5) is 24.6.